The quantitative estimate of drug-likeness (QED) is 0.0751. The minimum atomic E-state index is -1.14. The minimum Gasteiger partial charge on any atom is -0.480 e. The molecule has 2 aromatic heterocycles. The normalized spacial score (nSPS) is 14.9. The summed E-state index contributed by atoms with van der Waals surface area (Å²) in [5.41, 5.74) is 5.98. The summed E-state index contributed by atoms with van der Waals surface area (Å²) in [6, 6.07) is 15.4. The number of rotatable bonds is 20. The van der Waals surface area contributed by atoms with E-state index >= 15 is 0 Å². The standard InChI is InChI=1S/C40H49ClN6O6/c1-46-35-19-17-29(41)24-31(35)30(38(46)28-11-9-21-43-25-28)12-3-2-4-15-36(48)44-23-22-42-20-8-7-13-33(40(52)53)45-32-18-16-27-10-5-6-14-34(27)47(39(32)51)26-37(49)50/h5-6,9-11,14,17,19,21,24-25,32-33,42,45H,2-4,7-8,12-13,15-16,18,20,22-23,26H2,1H3,(H,44,48)(H,49,50)(H,52,53)/t32-,33-/m0/s1. The van der Waals surface area contributed by atoms with Gasteiger partial charge < -0.3 is 25.4 Å². The molecule has 13 heteroatoms. The fourth-order valence-electron chi connectivity index (χ4n) is 7.17. The number of hydrogen-bond acceptors (Lipinski definition) is 7. The van der Waals surface area contributed by atoms with Gasteiger partial charge in [0, 0.05) is 66.1 Å². The van der Waals surface area contributed by atoms with Crippen LogP contribution in [0.3, 0.4) is 0 Å². The lowest BCUT2D eigenvalue weighted by Crippen LogP contribution is -2.52. The van der Waals surface area contributed by atoms with Crippen LogP contribution >= 0.6 is 11.6 Å². The second-order valence-corrected chi connectivity index (χ2v) is 14.0. The monoisotopic (exact) mass is 744 g/mol. The number of aryl methyl sites for hydroxylation is 3. The molecule has 1 aliphatic heterocycles. The highest BCUT2D eigenvalue weighted by molar-refractivity contribution is 6.31. The van der Waals surface area contributed by atoms with Gasteiger partial charge in [-0.05, 0) is 99.0 Å². The van der Waals surface area contributed by atoms with Crippen LogP contribution in [0.2, 0.25) is 5.02 Å². The summed E-state index contributed by atoms with van der Waals surface area (Å²) in [7, 11) is 2.07. The molecule has 0 saturated heterocycles. The van der Waals surface area contributed by atoms with Crippen molar-refractivity contribution in [2.75, 3.05) is 31.1 Å². The third-order valence-electron chi connectivity index (χ3n) is 9.79. The number of aliphatic carboxylic acids is 2. The highest BCUT2D eigenvalue weighted by atomic mass is 35.5. The van der Waals surface area contributed by atoms with E-state index in [0.29, 0.717) is 62.4 Å². The zero-order valence-corrected chi connectivity index (χ0v) is 30.9. The number of amides is 2. The fraction of sp³-hybridized carbons (Fsp3) is 0.425. The first-order valence-corrected chi connectivity index (χ1v) is 18.8. The zero-order chi connectivity index (χ0) is 37.7. The molecule has 2 amide bonds. The Balaban J connectivity index is 0.967. The number of carbonyl (C=O) groups is 4. The van der Waals surface area contributed by atoms with E-state index in [4.69, 9.17) is 11.6 Å². The van der Waals surface area contributed by atoms with Crippen LogP contribution in [0.1, 0.15) is 62.5 Å². The van der Waals surface area contributed by atoms with Crippen LogP contribution in [0.15, 0.2) is 67.0 Å². The number of unbranched alkanes of at least 4 members (excludes halogenated alkanes) is 3. The van der Waals surface area contributed by atoms with Crippen LogP contribution in [-0.4, -0.2) is 81.8 Å². The van der Waals surface area contributed by atoms with Gasteiger partial charge in [-0.3, -0.25) is 34.4 Å². The molecular weight excluding hydrogens is 696 g/mol. The fourth-order valence-corrected chi connectivity index (χ4v) is 7.34. The Labute approximate surface area is 314 Å². The van der Waals surface area contributed by atoms with Crippen molar-refractivity contribution in [1.82, 2.24) is 25.5 Å². The lowest BCUT2D eigenvalue weighted by Gasteiger charge is -2.26. The molecule has 12 nitrogen and oxygen atoms in total. The summed E-state index contributed by atoms with van der Waals surface area (Å²) < 4.78 is 2.20. The molecule has 0 radical (unpaired) electrons. The number of nitrogens with zero attached hydrogens (tertiary/aromatic N) is 3. The molecule has 53 heavy (non-hydrogen) atoms. The molecule has 0 fully saturated rings. The SMILES string of the molecule is Cn1c(-c2cccnc2)c(CCCCCC(=O)NCCNCCCC[C@H](N[C@H]2CCc3ccccc3N(CC(=O)O)C2=O)C(=O)O)c2cc(Cl)ccc21. The van der Waals surface area contributed by atoms with E-state index in [1.54, 1.807) is 18.3 Å². The molecule has 2 atom stereocenters. The molecule has 0 unspecified atom stereocenters. The molecule has 3 heterocycles. The molecule has 5 N–H and O–H groups in total. The molecule has 0 spiro atoms. The van der Waals surface area contributed by atoms with E-state index in [-0.39, 0.29) is 5.91 Å². The maximum absolute atomic E-state index is 13.3. The molecule has 282 valence electrons. The highest BCUT2D eigenvalue weighted by Crippen LogP contribution is 2.35. The Morgan fingerprint density at radius 2 is 1.81 bits per heavy atom. The van der Waals surface area contributed by atoms with Crippen LogP contribution in [0, 0.1) is 0 Å². The van der Waals surface area contributed by atoms with Crippen LogP contribution in [0.4, 0.5) is 5.69 Å². The number of carbonyl (C=O) groups excluding carboxylic acids is 2. The molecule has 2 aromatic carbocycles. The number of para-hydroxylation sites is 1. The molecule has 5 rings (SSSR count). The van der Waals surface area contributed by atoms with Gasteiger partial charge in [0.15, 0.2) is 0 Å². The highest BCUT2D eigenvalue weighted by Gasteiger charge is 2.34. The average Bonchev–Trinajstić information content (AvgIpc) is 3.34. The maximum atomic E-state index is 13.3. The third kappa shape index (κ3) is 10.6. The van der Waals surface area contributed by atoms with E-state index in [0.717, 1.165) is 59.8 Å². The van der Waals surface area contributed by atoms with E-state index in [9.17, 15) is 29.4 Å². The van der Waals surface area contributed by atoms with Crippen molar-refractivity contribution in [2.24, 2.45) is 7.05 Å². The van der Waals surface area contributed by atoms with Crippen molar-refractivity contribution >= 4 is 51.9 Å². The lowest BCUT2D eigenvalue weighted by atomic mass is 10.00. The molecule has 4 aromatic rings. The number of anilines is 1. The summed E-state index contributed by atoms with van der Waals surface area (Å²) in [6.07, 6.45) is 10.2. The number of carboxylic acid groups (broad SMARTS) is 2. The number of halogens is 1. The van der Waals surface area contributed by atoms with Crippen molar-refractivity contribution in [3.05, 3.63) is 83.1 Å². The van der Waals surface area contributed by atoms with Crippen LogP contribution in [0.5, 0.6) is 0 Å². The van der Waals surface area contributed by atoms with Gasteiger partial charge in [0.1, 0.15) is 12.6 Å². The van der Waals surface area contributed by atoms with Crippen molar-refractivity contribution in [1.29, 1.82) is 0 Å². The van der Waals surface area contributed by atoms with E-state index < -0.39 is 36.5 Å². The van der Waals surface area contributed by atoms with Gasteiger partial charge in [-0.25, -0.2) is 0 Å². The largest absolute Gasteiger partial charge is 0.480 e. The molecular formula is C40H49ClN6O6. The zero-order valence-electron chi connectivity index (χ0n) is 30.2. The predicted octanol–water partition coefficient (Wildman–Crippen LogP) is 5.35. The first-order valence-electron chi connectivity index (χ1n) is 18.4. The number of nitrogens with one attached hydrogen (secondary N) is 3. The Morgan fingerprint density at radius 3 is 2.58 bits per heavy atom. The van der Waals surface area contributed by atoms with Crippen LogP contribution in [-0.2, 0) is 39.1 Å². The average molecular weight is 745 g/mol. The van der Waals surface area contributed by atoms with Gasteiger partial charge >= 0.3 is 11.9 Å². The Bertz CT molecular complexity index is 1880. The van der Waals surface area contributed by atoms with Gasteiger partial charge in [0.25, 0.3) is 0 Å². The maximum Gasteiger partial charge on any atom is 0.323 e. The van der Waals surface area contributed by atoms with Gasteiger partial charge in [0.05, 0.1) is 11.7 Å². The summed E-state index contributed by atoms with van der Waals surface area (Å²) in [6.45, 7) is 1.27. The van der Waals surface area contributed by atoms with Crippen molar-refractivity contribution in [3.63, 3.8) is 0 Å². The minimum absolute atomic E-state index is 0.0215. The second kappa shape index (κ2) is 19.3. The first kappa shape index (κ1) is 39.4. The topological polar surface area (TPSA) is 166 Å². The first-order chi connectivity index (χ1) is 25.6. The Morgan fingerprint density at radius 1 is 0.981 bits per heavy atom. The smallest absolute Gasteiger partial charge is 0.323 e. The van der Waals surface area contributed by atoms with E-state index in [1.807, 2.05) is 36.5 Å². The van der Waals surface area contributed by atoms with Crippen molar-refractivity contribution in [3.8, 4) is 11.3 Å². The summed E-state index contributed by atoms with van der Waals surface area (Å²) in [5, 5.41) is 30.4. The van der Waals surface area contributed by atoms with Crippen molar-refractivity contribution in [2.45, 2.75) is 76.3 Å². The van der Waals surface area contributed by atoms with Crippen LogP contribution < -0.4 is 20.9 Å². The van der Waals surface area contributed by atoms with Crippen LogP contribution in [0.25, 0.3) is 22.2 Å². The Kier molecular flexibility index (Phi) is 14.4. The van der Waals surface area contributed by atoms with Gasteiger partial charge in [-0.2, -0.15) is 0 Å². The molecule has 0 aliphatic carbocycles. The summed E-state index contributed by atoms with van der Waals surface area (Å²) >= 11 is 6.37. The number of aromatic nitrogens is 2. The number of benzene rings is 2. The molecule has 0 saturated carbocycles. The van der Waals surface area contributed by atoms with Gasteiger partial charge in [0.2, 0.25) is 11.8 Å². The Hall–Kier alpha value is -4.78. The molecule has 1 aliphatic rings. The van der Waals surface area contributed by atoms with E-state index in [2.05, 4.69) is 44.7 Å². The number of fused-ring (bicyclic) bond motifs is 2. The summed E-state index contributed by atoms with van der Waals surface area (Å²) in [5.74, 6) is -2.60. The number of hydrogen-bond donors (Lipinski definition) is 5. The third-order valence-corrected chi connectivity index (χ3v) is 10.0. The number of carboxylic acids is 2. The second-order valence-electron chi connectivity index (χ2n) is 13.5. The van der Waals surface area contributed by atoms with Crippen molar-refractivity contribution < 1.29 is 29.4 Å². The van der Waals surface area contributed by atoms with E-state index in [1.165, 1.54) is 10.5 Å². The summed E-state index contributed by atoms with van der Waals surface area (Å²) in [4.78, 5) is 54.9. The predicted molar refractivity (Wildman–Crippen MR) is 206 cm³/mol. The van der Waals surface area contributed by atoms with Gasteiger partial charge in [-0.15, -0.1) is 0 Å². The number of pyridine rings is 1. The van der Waals surface area contributed by atoms with Gasteiger partial charge in [-0.1, -0.05) is 42.6 Å². The molecule has 0 bridgehead atoms. The lowest BCUT2D eigenvalue weighted by molar-refractivity contribution is -0.140.